The van der Waals surface area contributed by atoms with Crippen LogP contribution in [0, 0.1) is 0 Å². The number of carbonyl (C=O) groups is 1. The first-order valence-electron chi connectivity index (χ1n) is 13.9. The molecule has 0 aliphatic heterocycles. The predicted molar refractivity (Wildman–Crippen MR) is 161 cm³/mol. The predicted octanol–water partition coefficient (Wildman–Crippen LogP) is 5.60. The van der Waals surface area contributed by atoms with Crippen LogP contribution in [0.25, 0.3) is 5.52 Å². The van der Waals surface area contributed by atoms with Crippen molar-refractivity contribution in [2.24, 2.45) is 0 Å². The molecule has 1 aliphatic carbocycles. The summed E-state index contributed by atoms with van der Waals surface area (Å²) in [7, 11) is 2.98. The van der Waals surface area contributed by atoms with E-state index in [0.29, 0.717) is 46.1 Å². The molecule has 0 radical (unpaired) electrons. The number of nitrogens with zero attached hydrogens (tertiary/aromatic N) is 2. The average molecular weight is 581 g/mol. The molecule has 0 saturated carbocycles. The number of pyridine rings is 1. The maximum atomic E-state index is 14.1. The summed E-state index contributed by atoms with van der Waals surface area (Å²) in [6.45, 7) is 5.52. The topological polar surface area (TPSA) is 86.6 Å². The Kier molecular flexibility index (Phi) is 9.60. The zero-order valence-electron chi connectivity index (χ0n) is 24.8. The van der Waals surface area contributed by atoms with Crippen LogP contribution in [0.4, 0.5) is 0 Å². The summed E-state index contributed by atoms with van der Waals surface area (Å²) in [6, 6.07) is 9.47. The molecule has 0 bridgehead atoms. The molecule has 0 N–H and O–H groups in total. The highest BCUT2D eigenvalue weighted by atomic mass is 32.2. The zero-order valence-corrected chi connectivity index (χ0v) is 25.6. The molecule has 3 aromatic rings. The third kappa shape index (κ3) is 6.52. The van der Waals surface area contributed by atoms with Crippen molar-refractivity contribution in [1.29, 1.82) is 0 Å². The highest BCUT2D eigenvalue weighted by Gasteiger charge is 2.32. The molecule has 41 heavy (non-hydrogen) atoms. The molecule has 0 saturated heterocycles. The van der Waals surface area contributed by atoms with Crippen LogP contribution in [-0.2, 0) is 21.1 Å². The Morgan fingerprint density at radius 1 is 1.00 bits per heavy atom. The van der Waals surface area contributed by atoms with E-state index in [0.717, 1.165) is 30.6 Å². The molecule has 1 aromatic carbocycles. The molecule has 0 amide bonds. The second kappa shape index (κ2) is 13.0. The van der Waals surface area contributed by atoms with Gasteiger partial charge in [0.1, 0.15) is 4.90 Å². The number of aromatic nitrogens is 1. The highest BCUT2D eigenvalue weighted by molar-refractivity contribution is 7.95. The van der Waals surface area contributed by atoms with Crippen LogP contribution >= 0.6 is 0 Å². The van der Waals surface area contributed by atoms with Gasteiger partial charge in [-0.3, -0.25) is 4.79 Å². The van der Waals surface area contributed by atoms with E-state index in [9.17, 15) is 13.2 Å². The number of likely N-dealkylation sites (N-methyl/N-ethyl adjacent to an activating group) is 1. The smallest absolute Gasteiger partial charge is 0.208 e. The lowest BCUT2D eigenvalue weighted by Crippen LogP contribution is -2.23. The molecule has 0 spiro atoms. The number of carbonyl (C=O) groups excluding carboxylic acids is 1. The van der Waals surface area contributed by atoms with Crippen LogP contribution in [0.1, 0.15) is 50.2 Å². The summed E-state index contributed by atoms with van der Waals surface area (Å²) >= 11 is 0. The van der Waals surface area contributed by atoms with Crippen molar-refractivity contribution in [2.75, 3.05) is 41.5 Å². The van der Waals surface area contributed by atoms with Crippen molar-refractivity contribution in [1.82, 2.24) is 9.30 Å². The third-order valence-corrected chi connectivity index (χ3v) is 9.47. The summed E-state index contributed by atoms with van der Waals surface area (Å²) in [6.07, 6.45) is 8.95. The fraction of sp³-hybridized carbons (Fsp3) is 0.406. The van der Waals surface area contributed by atoms with E-state index in [1.165, 1.54) is 6.08 Å². The number of ether oxygens (including phenoxy) is 3. The minimum absolute atomic E-state index is 0.0252. The van der Waals surface area contributed by atoms with Crippen molar-refractivity contribution < 1.29 is 27.4 Å². The van der Waals surface area contributed by atoms with Crippen molar-refractivity contribution in [3.63, 3.8) is 0 Å². The van der Waals surface area contributed by atoms with Gasteiger partial charge >= 0.3 is 0 Å². The number of fused-ring (bicyclic) bond motifs is 1. The fourth-order valence-electron chi connectivity index (χ4n) is 5.31. The Balaban J connectivity index is 1.46. The van der Waals surface area contributed by atoms with Crippen LogP contribution in [0.5, 0.6) is 17.2 Å². The van der Waals surface area contributed by atoms with Gasteiger partial charge in [0, 0.05) is 25.4 Å². The van der Waals surface area contributed by atoms with Crippen molar-refractivity contribution >= 4 is 21.1 Å². The van der Waals surface area contributed by atoms with Crippen LogP contribution in [0.15, 0.2) is 70.3 Å². The van der Waals surface area contributed by atoms with E-state index >= 15 is 0 Å². The van der Waals surface area contributed by atoms with Crippen molar-refractivity contribution in [3.05, 3.63) is 76.5 Å². The van der Waals surface area contributed by atoms with E-state index in [1.54, 1.807) is 27.4 Å². The van der Waals surface area contributed by atoms with Gasteiger partial charge < -0.3 is 23.5 Å². The standard InChI is InChI=1S/C32H40N2O6S/c1-22(2)26-21-34-16-8-7-11-27(34)32(26)41(36,37)30-13-12-25(35)20-24(30)10-9-15-33(3)17-14-23-18-28(38-4)31(40-6)29(19-23)39-5/h7-8,11,13,16,18-22H,9-10,12,14-15,17H2,1-6H3. The van der Waals surface area contributed by atoms with Gasteiger partial charge in [0.05, 0.1) is 31.8 Å². The molecule has 1 aliphatic rings. The lowest BCUT2D eigenvalue weighted by Gasteiger charge is -2.20. The third-order valence-electron chi connectivity index (χ3n) is 7.48. The summed E-state index contributed by atoms with van der Waals surface area (Å²) in [5.74, 6) is 1.76. The first-order valence-corrected chi connectivity index (χ1v) is 15.3. The Labute approximate surface area is 243 Å². The number of benzene rings is 1. The Hall–Kier alpha value is -3.56. The zero-order chi connectivity index (χ0) is 29.7. The second-order valence-corrected chi connectivity index (χ2v) is 12.5. The monoisotopic (exact) mass is 580 g/mol. The molecular weight excluding hydrogens is 540 g/mol. The van der Waals surface area contributed by atoms with E-state index < -0.39 is 9.84 Å². The number of hydrogen-bond acceptors (Lipinski definition) is 7. The van der Waals surface area contributed by atoms with Crippen LogP contribution in [0.2, 0.25) is 0 Å². The van der Waals surface area contributed by atoms with Crippen LogP contribution in [0.3, 0.4) is 0 Å². The van der Waals surface area contributed by atoms with Gasteiger partial charge in [0.15, 0.2) is 17.3 Å². The molecule has 0 atom stereocenters. The van der Waals surface area contributed by atoms with Gasteiger partial charge in [-0.15, -0.1) is 0 Å². The number of hydrogen-bond donors (Lipinski definition) is 0. The maximum absolute atomic E-state index is 14.1. The van der Waals surface area contributed by atoms with Crippen LogP contribution < -0.4 is 14.2 Å². The van der Waals surface area contributed by atoms with Gasteiger partial charge in [0.2, 0.25) is 15.6 Å². The average Bonchev–Trinajstić information content (AvgIpc) is 3.36. The number of methoxy groups -OCH3 is 3. The molecule has 8 nitrogen and oxygen atoms in total. The largest absolute Gasteiger partial charge is 0.493 e. The lowest BCUT2D eigenvalue weighted by atomic mass is 10.0. The van der Waals surface area contributed by atoms with E-state index in [-0.39, 0.29) is 23.0 Å². The van der Waals surface area contributed by atoms with E-state index in [4.69, 9.17) is 14.2 Å². The minimum Gasteiger partial charge on any atom is -0.493 e. The van der Waals surface area contributed by atoms with E-state index in [2.05, 4.69) is 4.90 Å². The van der Waals surface area contributed by atoms with Gasteiger partial charge in [-0.05, 0) is 85.8 Å². The first kappa shape index (κ1) is 30.4. The summed E-state index contributed by atoms with van der Waals surface area (Å²) in [5, 5.41) is 0. The summed E-state index contributed by atoms with van der Waals surface area (Å²) in [5.41, 5.74) is 3.08. The number of ketones is 1. The quantitative estimate of drug-likeness (QED) is 0.260. The Morgan fingerprint density at radius 2 is 1.71 bits per heavy atom. The molecule has 2 heterocycles. The van der Waals surface area contributed by atoms with Gasteiger partial charge in [-0.25, -0.2) is 8.42 Å². The lowest BCUT2D eigenvalue weighted by molar-refractivity contribution is -0.114. The molecule has 4 rings (SSSR count). The minimum atomic E-state index is -3.84. The number of allylic oxidation sites excluding steroid dienone is 3. The Bertz CT molecular complexity index is 1560. The first-order chi connectivity index (χ1) is 19.6. The number of rotatable bonds is 13. The summed E-state index contributed by atoms with van der Waals surface area (Å²) in [4.78, 5) is 15.2. The van der Waals surface area contributed by atoms with Gasteiger partial charge in [-0.1, -0.05) is 26.0 Å². The number of sulfone groups is 1. The second-order valence-electron chi connectivity index (χ2n) is 10.7. The molecular formula is C32H40N2O6S. The van der Waals surface area contributed by atoms with Crippen molar-refractivity contribution in [2.45, 2.75) is 50.3 Å². The van der Waals surface area contributed by atoms with Crippen LogP contribution in [-0.4, -0.2) is 65.0 Å². The Morgan fingerprint density at radius 3 is 2.34 bits per heavy atom. The van der Waals surface area contributed by atoms with Gasteiger partial charge in [0.25, 0.3) is 0 Å². The highest BCUT2D eigenvalue weighted by Crippen LogP contribution is 2.39. The van der Waals surface area contributed by atoms with Crippen molar-refractivity contribution in [3.8, 4) is 17.2 Å². The maximum Gasteiger partial charge on any atom is 0.208 e. The van der Waals surface area contributed by atoms with Gasteiger partial charge in [-0.2, -0.15) is 0 Å². The fourth-order valence-corrected chi connectivity index (χ4v) is 7.39. The SMILES string of the molecule is COc1cc(CCN(C)CCCC2=CC(=O)CC=C2S(=O)(=O)c2c(C(C)C)cn3ccccc23)cc(OC)c1OC. The normalized spacial score (nSPS) is 14.0. The molecule has 2 aromatic heterocycles. The molecule has 220 valence electrons. The molecule has 9 heteroatoms. The molecule has 0 unspecified atom stereocenters. The molecule has 0 fully saturated rings. The summed E-state index contributed by atoms with van der Waals surface area (Å²) < 4.78 is 46.5. The van der Waals surface area contributed by atoms with E-state index in [1.807, 2.05) is 68.0 Å².